The maximum atomic E-state index is 12.4. The maximum absolute atomic E-state index is 12.4. The van der Waals surface area contributed by atoms with E-state index in [0.29, 0.717) is 8.99 Å². The van der Waals surface area contributed by atoms with Gasteiger partial charge in [0.25, 0.3) is 5.56 Å². The molecule has 4 aliphatic carbocycles. The number of hydrogen-bond donors (Lipinski definition) is 2. The van der Waals surface area contributed by atoms with Crippen LogP contribution in [0.4, 0.5) is 5.69 Å². The van der Waals surface area contributed by atoms with Crippen molar-refractivity contribution in [1.29, 1.82) is 0 Å². The van der Waals surface area contributed by atoms with Crippen LogP contribution in [-0.4, -0.2) is 15.5 Å². The second-order valence-electron chi connectivity index (χ2n) is 9.47. The summed E-state index contributed by atoms with van der Waals surface area (Å²) >= 11 is 1.87. The Bertz CT molecular complexity index is 1050. The lowest BCUT2D eigenvalue weighted by atomic mass is 9.48. The number of nitrogens with one attached hydrogen (secondary N) is 2. The molecule has 0 spiro atoms. The van der Waals surface area contributed by atoms with Crippen LogP contribution in [0.1, 0.15) is 50.5 Å². The molecular formula is C23H26IN3O3. The molecule has 0 atom stereocenters. The Labute approximate surface area is 188 Å². The average molecular weight is 519 g/mol. The quantitative estimate of drug-likeness (QED) is 0.592. The number of rotatable bonds is 5. The molecule has 6 nitrogen and oxygen atoms in total. The summed E-state index contributed by atoms with van der Waals surface area (Å²) in [4.78, 5) is 38.8. The normalized spacial score (nSPS) is 29.2. The fraction of sp³-hybridized carbons (Fsp3) is 0.522. The number of aromatic amines is 1. The van der Waals surface area contributed by atoms with Crippen molar-refractivity contribution in [2.24, 2.45) is 17.8 Å². The van der Waals surface area contributed by atoms with Crippen LogP contribution in [0.15, 0.2) is 40.1 Å². The SMILES string of the molecule is O=C(CCn1c(=O)[nH]cc(I)c1=O)Nc1ccc(C23CC4CC(CC(C4)C2)C3)cc1. The average Bonchev–Trinajstić information content (AvgIpc) is 2.70. The van der Waals surface area contributed by atoms with Crippen LogP contribution in [-0.2, 0) is 16.8 Å². The van der Waals surface area contributed by atoms with Crippen LogP contribution in [0, 0.1) is 21.3 Å². The molecule has 1 heterocycles. The zero-order valence-electron chi connectivity index (χ0n) is 16.8. The standard InChI is InChI=1S/C23H26IN3O3/c24-19-13-25-22(30)27(21(19)29)6-5-20(28)26-18-3-1-17(2-4-18)23-10-14-7-15(11-23)9-16(8-14)12-23/h1-4,13-16H,5-12H2,(H,25,30)(H,26,28). The molecule has 6 rings (SSSR count). The van der Waals surface area contributed by atoms with Crippen molar-refractivity contribution >= 4 is 34.2 Å². The van der Waals surface area contributed by atoms with Crippen molar-refractivity contribution in [3.05, 3.63) is 60.4 Å². The number of anilines is 1. The zero-order valence-corrected chi connectivity index (χ0v) is 19.0. The molecule has 158 valence electrons. The second-order valence-corrected chi connectivity index (χ2v) is 10.6. The van der Waals surface area contributed by atoms with Gasteiger partial charge in [-0.25, -0.2) is 4.79 Å². The molecule has 1 amide bonds. The molecule has 0 unspecified atom stereocenters. The van der Waals surface area contributed by atoms with Crippen LogP contribution in [0.3, 0.4) is 0 Å². The summed E-state index contributed by atoms with van der Waals surface area (Å²) in [5.41, 5.74) is 1.68. The number of nitrogens with zero attached hydrogens (tertiary/aromatic N) is 1. The molecule has 4 fully saturated rings. The highest BCUT2D eigenvalue weighted by Gasteiger charge is 2.51. The number of aromatic nitrogens is 2. The third kappa shape index (κ3) is 3.65. The minimum atomic E-state index is -0.492. The Balaban J connectivity index is 1.24. The van der Waals surface area contributed by atoms with E-state index in [1.54, 1.807) is 0 Å². The Morgan fingerprint density at radius 3 is 2.27 bits per heavy atom. The van der Waals surface area contributed by atoms with Gasteiger partial charge in [-0.3, -0.25) is 14.2 Å². The number of carbonyl (C=O) groups excluding carboxylic acids is 1. The van der Waals surface area contributed by atoms with Gasteiger partial charge in [0.1, 0.15) is 0 Å². The molecule has 1 aromatic heterocycles. The highest BCUT2D eigenvalue weighted by Crippen LogP contribution is 2.60. The van der Waals surface area contributed by atoms with Crippen LogP contribution in [0.25, 0.3) is 0 Å². The fourth-order valence-electron chi connectivity index (χ4n) is 6.50. The predicted molar refractivity (Wildman–Crippen MR) is 124 cm³/mol. The van der Waals surface area contributed by atoms with Gasteiger partial charge in [0, 0.05) is 24.8 Å². The van der Waals surface area contributed by atoms with E-state index in [-0.39, 0.29) is 24.4 Å². The van der Waals surface area contributed by atoms with E-state index < -0.39 is 5.69 Å². The van der Waals surface area contributed by atoms with Crippen LogP contribution in [0.2, 0.25) is 0 Å². The summed E-state index contributed by atoms with van der Waals surface area (Å²) in [5, 5.41) is 2.90. The lowest BCUT2D eigenvalue weighted by Gasteiger charge is -2.57. The number of benzene rings is 1. The van der Waals surface area contributed by atoms with Crippen LogP contribution >= 0.6 is 22.6 Å². The number of hydrogen-bond acceptors (Lipinski definition) is 3. The number of carbonyl (C=O) groups is 1. The Hall–Kier alpha value is -1.90. The van der Waals surface area contributed by atoms with E-state index in [1.807, 2.05) is 34.7 Å². The monoisotopic (exact) mass is 519 g/mol. The van der Waals surface area contributed by atoms with Crippen molar-refractivity contribution in [2.75, 3.05) is 5.32 Å². The molecule has 2 aromatic rings. The molecule has 0 aliphatic heterocycles. The third-order valence-corrected chi connectivity index (χ3v) is 8.17. The first kappa shape index (κ1) is 20.0. The summed E-state index contributed by atoms with van der Waals surface area (Å²) in [5.74, 6) is 2.51. The van der Waals surface area contributed by atoms with E-state index >= 15 is 0 Å². The molecule has 1 aromatic carbocycles. The van der Waals surface area contributed by atoms with Gasteiger partial charge in [0.15, 0.2) is 0 Å². The van der Waals surface area contributed by atoms with Crippen molar-refractivity contribution in [2.45, 2.75) is 56.9 Å². The molecule has 7 heteroatoms. The topological polar surface area (TPSA) is 84.0 Å². The Morgan fingerprint density at radius 1 is 1.07 bits per heavy atom. The van der Waals surface area contributed by atoms with Gasteiger partial charge in [0.2, 0.25) is 5.91 Å². The van der Waals surface area contributed by atoms with Gasteiger partial charge in [0.05, 0.1) is 3.57 Å². The first-order valence-electron chi connectivity index (χ1n) is 10.8. The summed E-state index contributed by atoms with van der Waals surface area (Å²) in [7, 11) is 0. The van der Waals surface area contributed by atoms with Gasteiger partial charge in [-0.05, 0) is 102 Å². The lowest BCUT2D eigenvalue weighted by Crippen LogP contribution is -2.48. The van der Waals surface area contributed by atoms with E-state index in [2.05, 4.69) is 22.4 Å². The highest BCUT2D eigenvalue weighted by molar-refractivity contribution is 14.1. The highest BCUT2D eigenvalue weighted by atomic mass is 127. The number of halogens is 1. The van der Waals surface area contributed by atoms with E-state index in [1.165, 1.54) is 50.3 Å². The number of H-pyrrole nitrogens is 1. The number of amides is 1. The third-order valence-electron chi connectivity index (χ3n) is 7.40. The van der Waals surface area contributed by atoms with Gasteiger partial charge in [-0.15, -0.1) is 0 Å². The van der Waals surface area contributed by atoms with E-state index in [4.69, 9.17) is 0 Å². The summed E-state index contributed by atoms with van der Waals surface area (Å²) < 4.78 is 1.49. The molecule has 4 bridgehead atoms. The van der Waals surface area contributed by atoms with Gasteiger partial charge >= 0.3 is 5.69 Å². The summed E-state index contributed by atoms with van der Waals surface area (Å²) in [6.07, 6.45) is 9.71. The predicted octanol–water partition coefficient (Wildman–Crippen LogP) is 3.64. The Kier molecular flexibility index (Phi) is 5.11. The van der Waals surface area contributed by atoms with Crippen LogP contribution < -0.4 is 16.6 Å². The zero-order chi connectivity index (χ0) is 20.9. The largest absolute Gasteiger partial charge is 0.328 e. The summed E-state index contributed by atoms with van der Waals surface area (Å²) in [6, 6.07) is 8.38. The molecule has 0 radical (unpaired) electrons. The fourth-order valence-corrected chi connectivity index (χ4v) is 6.94. The van der Waals surface area contributed by atoms with Gasteiger partial charge in [-0.2, -0.15) is 0 Å². The van der Waals surface area contributed by atoms with Crippen molar-refractivity contribution in [3.8, 4) is 0 Å². The van der Waals surface area contributed by atoms with E-state index in [0.717, 1.165) is 28.0 Å². The smallest absolute Gasteiger partial charge is 0.326 e. The minimum Gasteiger partial charge on any atom is -0.326 e. The van der Waals surface area contributed by atoms with Crippen molar-refractivity contribution in [1.82, 2.24) is 9.55 Å². The second kappa shape index (κ2) is 7.66. The molecule has 4 aliphatic rings. The first-order valence-corrected chi connectivity index (χ1v) is 11.9. The lowest BCUT2D eigenvalue weighted by molar-refractivity contribution is -0.116. The van der Waals surface area contributed by atoms with Crippen molar-refractivity contribution < 1.29 is 4.79 Å². The van der Waals surface area contributed by atoms with Crippen molar-refractivity contribution in [3.63, 3.8) is 0 Å². The summed E-state index contributed by atoms with van der Waals surface area (Å²) in [6.45, 7) is 0.0577. The van der Waals surface area contributed by atoms with E-state index in [9.17, 15) is 14.4 Å². The molecule has 2 N–H and O–H groups in total. The van der Waals surface area contributed by atoms with Crippen LogP contribution in [0.5, 0.6) is 0 Å². The molecular weight excluding hydrogens is 493 g/mol. The molecule has 4 saturated carbocycles. The molecule has 30 heavy (non-hydrogen) atoms. The maximum Gasteiger partial charge on any atom is 0.328 e. The molecule has 0 saturated heterocycles. The van der Waals surface area contributed by atoms with Gasteiger partial charge in [-0.1, -0.05) is 12.1 Å². The minimum absolute atomic E-state index is 0.0577. The first-order chi connectivity index (χ1) is 14.4. The van der Waals surface area contributed by atoms with Gasteiger partial charge < -0.3 is 10.3 Å². The Morgan fingerprint density at radius 2 is 1.67 bits per heavy atom.